The van der Waals surface area contributed by atoms with E-state index in [0.717, 1.165) is 0 Å². The number of hydrogen-bond donors (Lipinski definition) is 1. The predicted octanol–water partition coefficient (Wildman–Crippen LogP) is 4.68. The van der Waals surface area contributed by atoms with Crippen LogP contribution in [0.3, 0.4) is 0 Å². The predicted molar refractivity (Wildman–Crippen MR) is 123 cm³/mol. The number of thioether (sulfide) groups is 1. The number of benzene rings is 2. The zero-order valence-corrected chi connectivity index (χ0v) is 19.3. The largest absolute Gasteiger partial charge is 0.495 e. The fourth-order valence-electron chi connectivity index (χ4n) is 3.81. The minimum atomic E-state index is -4.41. The first-order valence-corrected chi connectivity index (χ1v) is 11.1. The van der Waals surface area contributed by atoms with Crippen molar-refractivity contribution in [1.29, 1.82) is 5.26 Å². The monoisotopic (exact) mass is 501 g/mol. The molecule has 1 aliphatic rings. The third-order valence-corrected chi connectivity index (χ3v) is 6.05. The van der Waals surface area contributed by atoms with Crippen LogP contribution < -0.4 is 15.0 Å². The van der Waals surface area contributed by atoms with Crippen molar-refractivity contribution < 1.29 is 27.5 Å². The van der Waals surface area contributed by atoms with E-state index in [2.05, 4.69) is 10.4 Å². The van der Waals surface area contributed by atoms with Crippen molar-refractivity contribution in [2.45, 2.75) is 29.9 Å². The lowest BCUT2D eigenvalue weighted by atomic mass is 10.1. The van der Waals surface area contributed by atoms with Gasteiger partial charge in [0.25, 0.3) is 11.8 Å². The first kappa shape index (κ1) is 24.2. The zero-order chi connectivity index (χ0) is 25.3. The Hall–Kier alpha value is -3.98. The number of carbonyl (C=O) groups is 2. The van der Waals surface area contributed by atoms with Gasteiger partial charge in [0.1, 0.15) is 17.5 Å². The van der Waals surface area contributed by atoms with Crippen LogP contribution in [0.1, 0.15) is 33.3 Å². The number of fused-ring (bicyclic) bond motifs is 1. The van der Waals surface area contributed by atoms with E-state index in [1.165, 1.54) is 59.3 Å². The number of aromatic nitrogens is 2. The smallest absolute Gasteiger partial charge is 0.446 e. The number of halogens is 3. The lowest BCUT2D eigenvalue weighted by Gasteiger charge is -2.34. The molecule has 0 spiro atoms. The van der Waals surface area contributed by atoms with E-state index in [1.807, 2.05) is 6.07 Å². The summed E-state index contributed by atoms with van der Waals surface area (Å²) >= 11 is -0.239. The zero-order valence-electron chi connectivity index (χ0n) is 18.5. The van der Waals surface area contributed by atoms with Crippen molar-refractivity contribution in [2.75, 3.05) is 17.3 Å². The molecule has 2 amide bonds. The molecule has 0 bridgehead atoms. The molecular formula is C23H18F3N5O3S. The molecule has 1 unspecified atom stereocenters. The lowest BCUT2D eigenvalue weighted by molar-refractivity contribution is -0.0328. The van der Waals surface area contributed by atoms with Crippen molar-refractivity contribution in [1.82, 2.24) is 9.78 Å². The Morgan fingerprint density at radius 3 is 2.60 bits per heavy atom. The van der Waals surface area contributed by atoms with E-state index in [4.69, 9.17) is 4.74 Å². The Bertz CT molecular complexity index is 1330. The SMILES string of the molecule is COc1ccc(NC(=O)c2cnn3c2C(=O)N(c2ccc(SC(F)(F)F)cc2)C(C)C3)cc1C#N. The van der Waals surface area contributed by atoms with Gasteiger partial charge < -0.3 is 15.0 Å². The molecule has 180 valence electrons. The molecule has 1 aliphatic heterocycles. The molecular weight excluding hydrogens is 483 g/mol. The molecule has 0 aliphatic carbocycles. The van der Waals surface area contributed by atoms with Gasteiger partial charge in [-0.1, -0.05) is 0 Å². The van der Waals surface area contributed by atoms with Crippen molar-refractivity contribution in [3.63, 3.8) is 0 Å². The summed E-state index contributed by atoms with van der Waals surface area (Å²) < 4.78 is 44.4. The summed E-state index contributed by atoms with van der Waals surface area (Å²) in [5.74, 6) is -0.747. The Balaban J connectivity index is 1.60. The average Bonchev–Trinajstić information content (AvgIpc) is 3.23. The fraction of sp³-hybridized carbons (Fsp3) is 0.217. The van der Waals surface area contributed by atoms with E-state index < -0.39 is 17.3 Å². The van der Waals surface area contributed by atoms with Gasteiger partial charge in [0.15, 0.2) is 0 Å². The lowest BCUT2D eigenvalue weighted by Crippen LogP contribution is -2.47. The summed E-state index contributed by atoms with van der Waals surface area (Å²) in [5, 5.41) is 16.1. The summed E-state index contributed by atoms with van der Waals surface area (Å²) in [5.41, 5.74) is -3.36. The summed E-state index contributed by atoms with van der Waals surface area (Å²) in [7, 11) is 1.43. The fourth-order valence-corrected chi connectivity index (χ4v) is 4.35. The van der Waals surface area contributed by atoms with Gasteiger partial charge in [-0.15, -0.1) is 0 Å². The third kappa shape index (κ3) is 4.95. The van der Waals surface area contributed by atoms with Gasteiger partial charge in [-0.3, -0.25) is 14.3 Å². The Morgan fingerprint density at radius 1 is 1.26 bits per heavy atom. The Morgan fingerprint density at radius 2 is 1.97 bits per heavy atom. The molecule has 12 heteroatoms. The van der Waals surface area contributed by atoms with E-state index in [0.29, 0.717) is 17.1 Å². The van der Waals surface area contributed by atoms with E-state index in [9.17, 15) is 28.0 Å². The van der Waals surface area contributed by atoms with Crippen LogP contribution in [0.4, 0.5) is 24.5 Å². The first-order chi connectivity index (χ1) is 16.6. The molecule has 2 heterocycles. The summed E-state index contributed by atoms with van der Waals surface area (Å²) in [4.78, 5) is 27.8. The van der Waals surface area contributed by atoms with Crippen LogP contribution >= 0.6 is 11.8 Å². The molecule has 0 saturated carbocycles. The van der Waals surface area contributed by atoms with Gasteiger partial charge in [0, 0.05) is 16.3 Å². The van der Waals surface area contributed by atoms with Gasteiger partial charge in [-0.05, 0) is 61.2 Å². The number of nitrogens with one attached hydrogen (secondary N) is 1. The van der Waals surface area contributed by atoms with Crippen molar-refractivity contribution in [3.05, 3.63) is 65.5 Å². The molecule has 1 aromatic heterocycles. The molecule has 8 nitrogen and oxygen atoms in total. The second-order valence-electron chi connectivity index (χ2n) is 7.64. The van der Waals surface area contributed by atoms with Crippen molar-refractivity contribution in [2.24, 2.45) is 0 Å². The standard InChI is InChI=1S/C23H18F3N5O3S/c1-13-12-30-20(22(33)31(13)16-4-6-17(7-5-16)35-23(24,25)26)18(11-28-30)21(32)29-15-3-8-19(34-2)14(9-15)10-27/h3-9,11,13H,12H2,1-2H3,(H,29,32). The number of carbonyl (C=O) groups excluding carboxylic acids is 2. The first-order valence-electron chi connectivity index (χ1n) is 10.3. The van der Waals surface area contributed by atoms with E-state index >= 15 is 0 Å². The van der Waals surface area contributed by atoms with E-state index in [-0.39, 0.29) is 46.1 Å². The van der Waals surface area contributed by atoms with Crippen LogP contribution in [0.25, 0.3) is 0 Å². The topological polar surface area (TPSA) is 100 Å². The summed E-state index contributed by atoms with van der Waals surface area (Å²) in [6.07, 6.45) is 1.29. The quantitative estimate of drug-likeness (QED) is 0.510. The average molecular weight is 501 g/mol. The molecule has 1 N–H and O–H groups in total. The Kier molecular flexibility index (Phi) is 6.45. The number of nitrogens with zero attached hydrogens (tertiary/aromatic N) is 4. The van der Waals surface area contributed by atoms with Gasteiger partial charge in [0.05, 0.1) is 37.0 Å². The van der Waals surface area contributed by atoms with Gasteiger partial charge >= 0.3 is 5.51 Å². The second-order valence-corrected chi connectivity index (χ2v) is 8.77. The van der Waals surface area contributed by atoms with Gasteiger partial charge in [-0.25, -0.2) is 0 Å². The highest BCUT2D eigenvalue weighted by molar-refractivity contribution is 8.00. The van der Waals surface area contributed by atoms with Crippen LogP contribution in [0.15, 0.2) is 53.6 Å². The highest BCUT2D eigenvalue weighted by Gasteiger charge is 2.36. The van der Waals surface area contributed by atoms with Gasteiger partial charge in [-0.2, -0.15) is 23.5 Å². The number of ether oxygens (including phenoxy) is 1. The molecule has 0 radical (unpaired) electrons. The maximum absolute atomic E-state index is 13.4. The van der Waals surface area contributed by atoms with Gasteiger partial charge in [0.2, 0.25) is 0 Å². The molecule has 3 aromatic rings. The number of rotatable bonds is 5. The van der Waals surface area contributed by atoms with Crippen LogP contribution in [-0.2, 0) is 6.54 Å². The van der Waals surface area contributed by atoms with Crippen molar-refractivity contribution in [3.8, 4) is 11.8 Å². The minimum absolute atomic E-state index is 0.000278. The molecule has 1 atom stereocenters. The number of amides is 2. The molecule has 4 rings (SSSR count). The van der Waals surface area contributed by atoms with Crippen LogP contribution in [0.5, 0.6) is 5.75 Å². The molecule has 0 fully saturated rings. The second kappa shape index (κ2) is 9.34. The van der Waals surface area contributed by atoms with Crippen LogP contribution in [-0.4, -0.2) is 40.3 Å². The summed E-state index contributed by atoms with van der Waals surface area (Å²) in [6.45, 7) is 2.07. The highest BCUT2D eigenvalue weighted by Crippen LogP contribution is 2.38. The van der Waals surface area contributed by atoms with Crippen molar-refractivity contribution >= 4 is 35.0 Å². The maximum atomic E-state index is 13.4. The highest BCUT2D eigenvalue weighted by atomic mass is 32.2. The Labute approximate surface area is 202 Å². The minimum Gasteiger partial charge on any atom is -0.495 e. The van der Waals surface area contributed by atoms with E-state index in [1.54, 1.807) is 13.0 Å². The number of alkyl halides is 3. The third-order valence-electron chi connectivity index (χ3n) is 5.31. The molecule has 2 aromatic carbocycles. The van der Waals surface area contributed by atoms with Crippen LogP contribution in [0, 0.1) is 11.3 Å². The maximum Gasteiger partial charge on any atom is 0.446 e. The normalized spacial score (nSPS) is 15.4. The molecule has 0 saturated heterocycles. The number of nitriles is 1. The molecule has 35 heavy (non-hydrogen) atoms. The van der Waals surface area contributed by atoms with Crippen LogP contribution in [0.2, 0.25) is 0 Å². The number of methoxy groups -OCH3 is 1. The number of anilines is 2. The number of hydrogen-bond acceptors (Lipinski definition) is 6. The summed E-state index contributed by atoms with van der Waals surface area (Å²) in [6, 6.07) is 11.6.